The third-order valence-corrected chi connectivity index (χ3v) is 8.42. The molecule has 0 radical (unpaired) electrons. The van der Waals surface area contributed by atoms with Gasteiger partial charge in [-0.3, -0.25) is 9.69 Å². The van der Waals surface area contributed by atoms with Crippen molar-refractivity contribution >= 4 is 17.0 Å². The van der Waals surface area contributed by atoms with Crippen LogP contribution >= 0.6 is 0 Å². The smallest absolute Gasteiger partial charge is 0.363 e. The molecule has 6 heteroatoms. The Kier molecular flexibility index (Phi) is 6.36. The zero-order valence-electron chi connectivity index (χ0n) is 20.5. The van der Waals surface area contributed by atoms with Crippen LogP contribution < -0.4 is 5.56 Å². The first-order chi connectivity index (χ1) is 16.4. The van der Waals surface area contributed by atoms with E-state index in [1.807, 2.05) is 28.8 Å². The standard InChI is InChI=1S/C28H37N3O3/c1-4-16-34-27(33)25-26(32)31(24-11-6-5-10-23(24)29-25)22-17-20-8-7-9-21(18-22)30(20)19-12-14-28(2,3)15-13-19/h4-6,10-11,19-22H,1,7-9,12-18H2,2-3H3/t20-,21+,22?. The summed E-state index contributed by atoms with van der Waals surface area (Å²) in [5, 5.41) is 0. The van der Waals surface area contributed by atoms with E-state index >= 15 is 0 Å². The highest BCUT2D eigenvalue weighted by atomic mass is 16.5. The SMILES string of the molecule is C=CCOC(=O)c1nc2ccccc2n(C2C[C@H]3CCC[C@@H](C2)N3C2CCC(C)(C)CC2)c1=O. The highest BCUT2D eigenvalue weighted by molar-refractivity contribution is 5.89. The topological polar surface area (TPSA) is 64.4 Å². The van der Waals surface area contributed by atoms with Gasteiger partial charge in [-0.2, -0.15) is 0 Å². The molecule has 6 nitrogen and oxygen atoms in total. The number of hydrogen-bond acceptors (Lipinski definition) is 5. The second-order valence-corrected chi connectivity index (χ2v) is 11.2. The quantitative estimate of drug-likeness (QED) is 0.447. The lowest BCUT2D eigenvalue weighted by Crippen LogP contribution is -2.58. The molecule has 3 aliphatic rings. The van der Waals surface area contributed by atoms with Crippen molar-refractivity contribution < 1.29 is 9.53 Å². The normalized spacial score (nSPS) is 27.4. The van der Waals surface area contributed by atoms with E-state index in [-0.39, 0.29) is 23.9 Å². The molecular weight excluding hydrogens is 426 g/mol. The molecule has 0 N–H and O–H groups in total. The molecule has 1 unspecified atom stereocenters. The number of nitrogens with zero attached hydrogens (tertiary/aromatic N) is 3. The van der Waals surface area contributed by atoms with E-state index in [2.05, 4.69) is 30.3 Å². The van der Waals surface area contributed by atoms with Gasteiger partial charge in [-0.1, -0.05) is 45.1 Å². The molecule has 2 aliphatic heterocycles. The molecule has 34 heavy (non-hydrogen) atoms. The zero-order chi connectivity index (χ0) is 23.9. The van der Waals surface area contributed by atoms with Crippen molar-refractivity contribution in [3.05, 3.63) is 53.0 Å². The summed E-state index contributed by atoms with van der Waals surface area (Å²) in [6.45, 7) is 8.45. The fourth-order valence-corrected chi connectivity index (χ4v) is 6.73. The molecule has 0 spiro atoms. The number of esters is 1. The largest absolute Gasteiger partial charge is 0.457 e. The van der Waals surface area contributed by atoms with Gasteiger partial charge in [-0.15, -0.1) is 0 Å². The van der Waals surface area contributed by atoms with Crippen molar-refractivity contribution in [3.8, 4) is 0 Å². The van der Waals surface area contributed by atoms with E-state index in [4.69, 9.17) is 4.74 Å². The summed E-state index contributed by atoms with van der Waals surface area (Å²) in [5.41, 5.74) is 1.48. The first-order valence-corrected chi connectivity index (χ1v) is 12.9. The summed E-state index contributed by atoms with van der Waals surface area (Å²) in [4.78, 5) is 33.5. The van der Waals surface area contributed by atoms with Crippen LogP contribution in [0, 0.1) is 5.41 Å². The van der Waals surface area contributed by atoms with E-state index in [9.17, 15) is 9.59 Å². The lowest BCUT2D eigenvalue weighted by Gasteiger charge is -2.54. The van der Waals surface area contributed by atoms with Crippen LogP contribution in [0.3, 0.4) is 0 Å². The maximum Gasteiger partial charge on any atom is 0.363 e. The van der Waals surface area contributed by atoms with Crippen molar-refractivity contribution in [1.82, 2.24) is 14.5 Å². The van der Waals surface area contributed by atoms with Crippen LogP contribution in [0.5, 0.6) is 0 Å². The molecule has 1 aliphatic carbocycles. The Bertz CT molecular complexity index is 1110. The second-order valence-electron chi connectivity index (χ2n) is 11.2. The van der Waals surface area contributed by atoms with Crippen molar-refractivity contribution in [1.29, 1.82) is 0 Å². The third-order valence-electron chi connectivity index (χ3n) is 8.42. The predicted octanol–water partition coefficient (Wildman–Crippen LogP) is 5.27. The Hall–Kier alpha value is -2.47. The summed E-state index contributed by atoms with van der Waals surface area (Å²) in [6, 6.07) is 9.39. The van der Waals surface area contributed by atoms with Gasteiger partial charge in [0.25, 0.3) is 5.56 Å². The third kappa shape index (κ3) is 4.33. The fraction of sp³-hybridized carbons (Fsp3) is 0.607. The minimum Gasteiger partial charge on any atom is -0.457 e. The zero-order valence-corrected chi connectivity index (χ0v) is 20.5. The van der Waals surface area contributed by atoms with Crippen molar-refractivity contribution in [3.63, 3.8) is 0 Å². The first-order valence-electron chi connectivity index (χ1n) is 12.9. The molecule has 1 saturated carbocycles. The number of rotatable bonds is 5. The molecule has 1 aromatic heterocycles. The van der Waals surface area contributed by atoms with Crippen LogP contribution in [0.1, 0.15) is 88.2 Å². The minimum absolute atomic E-state index is 0.0630. The van der Waals surface area contributed by atoms with Crippen LogP contribution in [0.4, 0.5) is 0 Å². The molecule has 182 valence electrons. The number of hydrogen-bond donors (Lipinski definition) is 0. The summed E-state index contributed by atoms with van der Waals surface area (Å²) in [7, 11) is 0. The molecule has 3 heterocycles. The van der Waals surface area contributed by atoms with E-state index < -0.39 is 5.97 Å². The number of fused-ring (bicyclic) bond motifs is 3. The van der Waals surface area contributed by atoms with Crippen LogP contribution in [0.15, 0.2) is 41.7 Å². The number of para-hydroxylation sites is 2. The van der Waals surface area contributed by atoms with Gasteiger partial charge in [-0.25, -0.2) is 9.78 Å². The fourth-order valence-electron chi connectivity index (χ4n) is 6.73. The summed E-state index contributed by atoms with van der Waals surface area (Å²) < 4.78 is 7.06. The predicted molar refractivity (Wildman–Crippen MR) is 134 cm³/mol. The molecular formula is C28H37N3O3. The summed E-state index contributed by atoms with van der Waals surface area (Å²) in [6.07, 6.45) is 12.2. The maximum absolute atomic E-state index is 13.6. The molecule has 3 atom stereocenters. The van der Waals surface area contributed by atoms with Crippen LogP contribution in [0.25, 0.3) is 11.0 Å². The minimum atomic E-state index is -0.674. The summed E-state index contributed by atoms with van der Waals surface area (Å²) >= 11 is 0. The Morgan fingerprint density at radius 2 is 1.76 bits per heavy atom. The molecule has 2 saturated heterocycles. The van der Waals surface area contributed by atoms with Gasteiger partial charge in [0.05, 0.1) is 11.0 Å². The first kappa shape index (κ1) is 23.3. The lowest BCUT2D eigenvalue weighted by atomic mass is 9.72. The van der Waals surface area contributed by atoms with E-state index in [0.717, 1.165) is 18.4 Å². The van der Waals surface area contributed by atoms with Crippen LogP contribution in [0.2, 0.25) is 0 Å². The molecule has 2 bridgehead atoms. The molecule has 0 amide bonds. The molecule has 2 aromatic rings. The summed E-state index contributed by atoms with van der Waals surface area (Å²) in [5.74, 6) is -0.674. The highest BCUT2D eigenvalue weighted by Crippen LogP contribution is 2.45. The monoisotopic (exact) mass is 463 g/mol. The number of benzene rings is 1. The van der Waals surface area contributed by atoms with Gasteiger partial charge in [0.1, 0.15) is 6.61 Å². The number of carbonyl (C=O) groups is 1. The number of piperidine rings is 2. The number of ether oxygens (including phenoxy) is 1. The average Bonchev–Trinajstić information content (AvgIpc) is 2.81. The average molecular weight is 464 g/mol. The lowest BCUT2D eigenvalue weighted by molar-refractivity contribution is -0.0377. The van der Waals surface area contributed by atoms with Gasteiger partial charge in [0.15, 0.2) is 0 Å². The number of carbonyl (C=O) groups excluding carboxylic acids is 1. The molecule has 5 rings (SSSR count). The molecule has 1 aromatic carbocycles. The maximum atomic E-state index is 13.6. The Morgan fingerprint density at radius 3 is 2.44 bits per heavy atom. The number of aromatic nitrogens is 2. The van der Waals surface area contributed by atoms with Crippen LogP contribution in [-0.2, 0) is 4.74 Å². The van der Waals surface area contributed by atoms with Gasteiger partial charge in [-0.05, 0) is 68.9 Å². The molecule has 3 fully saturated rings. The second kappa shape index (κ2) is 9.29. The van der Waals surface area contributed by atoms with Crippen molar-refractivity contribution in [2.24, 2.45) is 5.41 Å². The van der Waals surface area contributed by atoms with Gasteiger partial charge < -0.3 is 9.30 Å². The van der Waals surface area contributed by atoms with Gasteiger partial charge in [0, 0.05) is 24.2 Å². The Morgan fingerprint density at radius 1 is 1.09 bits per heavy atom. The van der Waals surface area contributed by atoms with Crippen molar-refractivity contribution in [2.45, 2.75) is 95.8 Å². The Labute approximate surface area is 202 Å². The Balaban J connectivity index is 1.48. The van der Waals surface area contributed by atoms with E-state index in [1.54, 1.807) is 0 Å². The van der Waals surface area contributed by atoms with Gasteiger partial charge >= 0.3 is 5.97 Å². The van der Waals surface area contributed by atoms with E-state index in [0.29, 0.717) is 29.1 Å². The van der Waals surface area contributed by atoms with E-state index in [1.165, 1.54) is 51.0 Å². The highest BCUT2D eigenvalue weighted by Gasteiger charge is 2.44. The van der Waals surface area contributed by atoms with Gasteiger partial charge in [0.2, 0.25) is 5.69 Å². The van der Waals surface area contributed by atoms with Crippen LogP contribution in [-0.4, -0.2) is 45.2 Å². The van der Waals surface area contributed by atoms with Crippen molar-refractivity contribution in [2.75, 3.05) is 6.61 Å².